The number of ether oxygens (including phenoxy) is 1. The fourth-order valence-electron chi connectivity index (χ4n) is 2.23. The Morgan fingerprint density at radius 2 is 1.78 bits per heavy atom. The Labute approximate surface area is 141 Å². The summed E-state index contributed by atoms with van der Waals surface area (Å²) < 4.78 is 6.39. The number of hydrogen-bond acceptors (Lipinski definition) is 3. The van der Waals surface area contributed by atoms with Crippen LogP contribution in [0.25, 0.3) is 10.8 Å². The lowest BCUT2D eigenvalue weighted by molar-refractivity contribution is -0.118. The zero-order chi connectivity index (χ0) is 16.2. The van der Waals surface area contributed by atoms with E-state index in [9.17, 15) is 9.90 Å². The molecule has 0 radical (unpaired) electrons. The monoisotopic (exact) mass is 371 g/mol. The number of benzene rings is 3. The van der Waals surface area contributed by atoms with E-state index in [4.69, 9.17) is 4.74 Å². The molecule has 0 fully saturated rings. The average molecular weight is 372 g/mol. The minimum atomic E-state index is -0.341. The molecule has 4 nitrogen and oxygen atoms in total. The molecule has 0 heterocycles. The molecule has 0 saturated carbocycles. The number of anilines is 1. The predicted molar refractivity (Wildman–Crippen MR) is 93.9 cm³/mol. The number of fused-ring (bicyclic) bond motifs is 1. The Morgan fingerprint density at radius 1 is 1.04 bits per heavy atom. The van der Waals surface area contributed by atoms with Crippen LogP contribution in [-0.2, 0) is 4.79 Å². The van der Waals surface area contributed by atoms with E-state index in [1.165, 1.54) is 6.07 Å². The second-order valence-corrected chi connectivity index (χ2v) is 5.75. The third-order valence-corrected chi connectivity index (χ3v) is 4.18. The van der Waals surface area contributed by atoms with Crippen LogP contribution in [0.5, 0.6) is 11.5 Å². The van der Waals surface area contributed by atoms with Gasteiger partial charge in [0.2, 0.25) is 0 Å². The first kappa shape index (κ1) is 15.4. The van der Waals surface area contributed by atoms with E-state index in [2.05, 4.69) is 21.2 Å². The van der Waals surface area contributed by atoms with Crippen molar-refractivity contribution in [2.24, 2.45) is 0 Å². The maximum Gasteiger partial charge on any atom is 0.262 e. The molecule has 0 aliphatic carbocycles. The number of phenolic OH excluding ortho intramolecular Hbond substituents is 1. The maximum absolute atomic E-state index is 12.0. The minimum absolute atomic E-state index is 0.0211. The Morgan fingerprint density at radius 3 is 2.61 bits per heavy atom. The van der Waals surface area contributed by atoms with Gasteiger partial charge < -0.3 is 15.2 Å². The number of phenols is 1. The molecule has 0 aliphatic rings. The molecule has 5 heteroatoms. The van der Waals surface area contributed by atoms with Crippen LogP contribution in [-0.4, -0.2) is 17.6 Å². The van der Waals surface area contributed by atoms with E-state index in [1.807, 2.05) is 36.4 Å². The first-order valence-corrected chi connectivity index (χ1v) is 7.82. The van der Waals surface area contributed by atoms with Gasteiger partial charge in [0.25, 0.3) is 5.91 Å². The number of nitrogens with one attached hydrogen (secondary N) is 1. The molecule has 0 saturated heterocycles. The number of hydrogen-bond donors (Lipinski definition) is 2. The standard InChI is InChI=1S/C18H14BrNO3/c19-18-13-6-2-1-5-12(13)9-10-16(18)23-11-17(22)20-14-7-3-4-8-15(14)21/h1-10,21H,11H2,(H,20,22). The number of carbonyl (C=O) groups excluding carboxylic acids is 1. The number of rotatable bonds is 4. The molecule has 0 bridgehead atoms. The van der Waals surface area contributed by atoms with Gasteiger partial charge >= 0.3 is 0 Å². The summed E-state index contributed by atoms with van der Waals surface area (Å²) in [6, 6.07) is 18.2. The first-order chi connectivity index (χ1) is 11.1. The van der Waals surface area contributed by atoms with Gasteiger partial charge in [0.05, 0.1) is 10.2 Å². The van der Waals surface area contributed by atoms with Crippen molar-refractivity contribution in [3.63, 3.8) is 0 Å². The molecule has 0 atom stereocenters. The lowest BCUT2D eigenvalue weighted by Crippen LogP contribution is -2.20. The summed E-state index contributed by atoms with van der Waals surface area (Å²) in [7, 11) is 0. The van der Waals surface area contributed by atoms with Gasteiger partial charge in [-0.1, -0.05) is 42.5 Å². The number of aromatic hydroxyl groups is 1. The molecule has 3 aromatic rings. The molecule has 3 aromatic carbocycles. The van der Waals surface area contributed by atoms with Crippen molar-refractivity contribution in [1.82, 2.24) is 0 Å². The number of halogens is 1. The van der Waals surface area contributed by atoms with Crippen molar-refractivity contribution < 1.29 is 14.6 Å². The molecule has 1 amide bonds. The van der Waals surface area contributed by atoms with Gasteiger partial charge in [-0.05, 0) is 44.9 Å². The molecule has 2 N–H and O–H groups in total. The van der Waals surface area contributed by atoms with Crippen LogP contribution >= 0.6 is 15.9 Å². The van der Waals surface area contributed by atoms with Crippen LogP contribution in [0.4, 0.5) is 5.69 Å². The highest BCUT2D eigenvalue weighted by molar-refractivity contribution is 9.10. The number of para-hydroxylation sites is 2. The van der Waals surface area contributed by atoms with Crippen molar-refractivity contribution in [1.29, 1.82) is 0 Å². The second kappa shape index (κ2) is 6.71. The van der Waals surface area contributed by atoms with Gasteiger partial charge in [0.15, 0.2) is 6.61 Å². The molecule has 0 spiro atoms. The number of amides is 1. The predicted octanol–water partition coefficient (Wildman–Crippen LogP) is 4.33. The quantitative estimate of drug-likeness (QED) is 0.671. The number of carbonyl (C=O) groups is 1. The van der Waals surface area contributed by atoms with Crippen LogP contribution in [0.1, 0.15) is 0 Å². The summed E-state index contributed by atoms with van der Waals surface area (Å²) in [5, 5.41) is 14.4. The zero-order valence-electron chi connectivity index (χ0n) is 12.1. The van der Waals surface area contributed by atoms with E-state index >= 15 is 0 Å². The minimum Gasteiger partial charge on any atom is -0.506 e. The van der Waals surface area contributed by atoms with Gasteiger partial charge in [0.1, 0.15) is 11.5 Å². The summed E-state index contributed by atoms with van der Waals surface area (Å²) in [6.45, 7) is -0.148. The van der Waals surface area contributed by atoms with Crippen LogP contribution < -0.4 is 10.1 Å². The zero-order valence-corrected chi connectivity index (χ0v) is 13.7. The third kappa shape index (κ3) is 3.46. The first-order valence-electron chi connectivity index (χ1n) is 7.03. The Balaban J connectivity index is 1.70. The van der Waals surface area contributed by atoms with Gasteiger partial charge in [-0.3, -0.25) is 4.79 Å². The van der Waals surface area contributed by atoms with E-state index in [-0.39, 0.29) is 18.3 Å². The molecule has 0 aromatic heterocycles. The highest BCUT2D eigenvalue weighted by Gasteiger charge is 2.10. The molecule has 0 unspecified atom stereocenters. The Bertz CT molecular complexity index is 864. The lowest BCUT2D eigenvalue weighted by atomic mass is 10.1. The summed E-state index contributed by atoms with van der Waals surface area (Å²) in [4.78, 5) is 12.0. The van der Waals surface area contributed by atoms with E-state index in [0.717, 1.165) is 15.2 Å². The molecular weight excluding hydrogens is 358 g/mol. The topological polar surface area (TPSA) is 58.6 Å². The van der Waals surface area contributed by atoms with Crippen LogP contribution in [0, 0.1) is 0 Å². The lowest BCUT2D eigenvalue weighted by Gasteiger charge is -2.11. The highest BCUT2D eigenvalue weighted by atomic mass is 79.9. The maximum atomic E-state index is 12.0. The van der Waals surface area contributed by atoms with Crippen LogP contribution in [0.3, 0.4) is 0 Å². The van der Waals surface area contributed by atoms with Gasteiger partial charge in [-0.15, -0.1) is 0 Å². The molecule has 3 rings (SSSR count). The smallest absolute Gasteiger partial charge is 0.262 e. The normalized spacial score (nSPS) is 10.5. The summed E-state index contributed by atoms with van der Waals surface area (Å²) >= 11 is 3.51. The fraction of sp³-hybridized carbons (Fsp3) is 0.0556. The van der Waals surface area contributed by atoms with E-state index < -0.39 is 0 Å². The van der Waals surface area contributed by atoms with Gasteiger partial charge in [0, 0.05) is 0 Å². The Hall–Kier alpha value is -2.53. The van der Waals surface area contributed by atoms with E-state index in [1.54, 1.807) is 18.2 Å². The van der Waals surface area contributed by atoms with Gasteiger partial charge in [-0.25, -0.2) is 0 Å². The molecular formula is C18H14BrNO3. The van der Waals surface area contributed by atoms with E-state index in [0.29, 0.717) is 11.4 Å². The second-order valence-electron chi connectivity index (χ2n) is 4.95. The van der Waals surface area contributed by atoms with Crippen molar-refractivity contribution in [3.8, 4) is 11.5 Å². The molecule has 116 valence electrons. The Kier molecular flexibility index (Phi) is 4.48. The molecule has 23 heavy (non-hydrogen) atoms. The van der Waals surface area contributed by atoms with Crippen LogP contribution in [0.2, 0.25) is 0 Å². The fourth-order valence-corrected chi connectivity index (χ4v) is 2.84. The van der Waals surface area contributed by atoms with Crippen molar-refractivity contribution >= 4 is 38.3 Å². The summed E-state index contributed by atoms with van der Waals surface area (Å²) in [5.41, 5.74) is 0.360. The molecule has 0 aliphatic heterocycles. The average Bonchev–Trinajstić information content (AvgIpc) is 2.57. The van der Waals surface area contributed by atoms with Crippen molar-refractivity contribution in [2.45, 2.75) is 0 Å². The van der Waals surface area contributed by atoms with Crippen molar-refractivity contribution in [3.05, 3.63) is 65.1 Å². The van der Waals surface area contributed by atoms with Crippen LogP contribution in [0.15, 0.2) is 65.1 Å². The largest absolute Gasteiger partial charge is 0.506 e. The summed E-state index contributed by atoms with van der Waals surface area (Å²) in [6.07, 6.45) is 0. The van der Waals surface area contributed by atoms with Crippen molar-refractivity contribution in [2.75, 3.05) is 11.9 Å². The summed E-state index contributed by atoms with van der Waals surface area (Å²) in [5.74, 6) is 0.274. The SMILES string of the molecule is O=C(COc1ccc2ccccc2c1Br)Nc1ccccc1O. The third-order valence-electron chi connectivity index (χ3n) is 3.36. The highest BCUT2D eigenvalue weighted by Crippen LogP contribution is 2.33. The van der Waals surface area contributed by atoms with Gasteiger partial charge in [-0.2, -0.15) is 0 Å².